The maximum Gasteiger partial charge on any atom is 0.282 e. The second kappa shape index (κ2) is 8.77. The van der Waals surface area contributed by atoms with E-state index in [1.165, 1.54) is 8.61 Å². The van der Waals surface area contributed by atoms with Gasteiger partial charge in [-0.3, -0.25) is 9.69 Å². The molecular formula is C16H32N4O4S. The third-order valence-electron chi connectivity index (χ3n) is 4.71. The Hall–Kier alpha value is -0.740. The van der Waals surface area contributed by atoms with Crippen LogP contribution in [0.15, 0.2) is 0 Å². The van der Waals surface area contributed by atoms with Gasteiger partial charge in [-0.15, -0.1) is 0 Å². The number of morpholine rings is 1. The van der Waals surface area contributed by atoms with Crippen LogP contribution in [-0.2, 0) is 19.7 Å². The third kappa shape index (κ3) is 5.13. The molecule has 0 aromatic heterocycles. The van der Waals surface area contributed by atoms with Crippen molar-refractivity contribution in [3.63, 3.8) is 0 Å². The molecule has 146 valence electrons. The number of carbonyl (C=O) groups excluding carboxylic acids is 1. The van der Waals surface area contributed by atoms with Crippen molar-refractivity contribution in [3.05, 3.63) is 0 Å². The summed E-state index contributed by atoms with van der Waals surface area (Å²) in [6, 6.07) is 0.325. The Bertz CT molecular complexity index is 530. The lowest BCUT2D eigenvalue weighted by Gasteiger charge is -2.38. The van der Waals surface area contributed by atoms with Gasteiger partial charge in [0.2, 0.25) is 5.91 Å². The van der Waals surface area contributed by atoms with Crippen molar-refractivity contribution < 1.29 is 17.9 Å². The molecular weight excluding hydrogens is 344 g/mol. The molecule has 0 saturated carbocycles. The summed E-state index contributed by atoms with van der Waals surface area (Å²) in [6.07, 6.45) is 0. The molecule has 0 N–H and O–H groups in total. The zero-order valence-electron chi connectivity index (χ0n) is 15.8. The zero-order valence-corrected chi connectivity index (χ0v) is 16.7. The van der Waals surface area contributed by atoms with E-state index >= 15 is 0 Å². The first-order valence-electron chi connectivity index (χ1n) is 9.10. The van der Waals surface area contributed by atoms with Crippen molar-refractivity contribution in [2.45, 2.75) is 39.8 Å². The average molecular weight is 377 g/mol. The fraction of sp³-hybridized carbons (Fsp3) is 0.938. The Morgan fingerprint density at radius 1 is 0.920 bits per heavy atom. The van der Waals surface area contributed by atoms with Gasteiger partial charge >= 0.3 is 0 Å². The minimum Gasteiger partial charge on any atom is -0.379 e. The standard InChI is InChI=1S/C16H32N4O4S/c1-14(2)20(15(3)4)16(21)13-17-5-7-18(8-6-17)25(22,23)19-9-11-24-12-10-19/h14-15H,5-13H2,1-4H3. The van der Waals surface area contributed by atoms with Crippen molar-refractivity contribution in [1.82, 2.24) is 18.4 Å². The highest BCUT2D eigenvalue weighted by Crippen LogP contribution is 2.14. The molecule has 0 aromatic rings. The van der Waals surface area contributed by atoms with Crippen molar-refractivity contribution in [1.29, 1.82) is 0 Å². The molecule has 2 heterocycles. The van der Waals surface area contributed by atoms with E-state index in [4.69, 9.17) is 4.74 Å². The fourth-order valence-electron chi connectivity index (χ4n) is 3.50. The van der Waals surface area contributed by atoms with Gasteiger partial charge < -0.3 is 9.64 Å². The van der Waals surface area contributed by atoms with Crippen molar-refractivity contribution in [2.75, 3.05) is 59.0 Å². The Balaban J connectivity index is 1.87. The van der Waals surface area contributed by atoms with Crippen LogP contribution in [0, 0.1) is 0 Å². The van der Waals surface area contributed by atoms with E-state index < -0.39 is 10.2 Å². The maximum atomic E-state index is 12.7. The lowest BCUT2D eigenvalue weighted by atomic mass is 10.2. The molecule has 1 amide bonds. The summed E-state index contributed by atoms with van der Waals surface area (Å²) in [5.41, 5.74) is 0. The molecule has 0 unspecified atom stereocenters. The molecule has 0 aromatic carbocycles. The van der Waals surface area contributed by atoms with Crippen LogP contribution < -0.4 is 0 Å². The molecule has 0 aliphatic carbocycles. The summed E-state index contributed by atoms with van der Waals surface area (Å²) in [4.78, 5) is 16.5. The lowest BCUT2D eigenvalue weighted by molar-refractivity contribution is -0.136. The number of piperazine rings is 1. The zero-order chi connectivity index (χ0) is 18.6. The molecule has 0 spiro atoms. The molecule has 8 nitrogen and oxygen atoms in total. The molecule has 2 saturated heterocycles. The Kier molecular flexibility index (Phi) is 7.21. The van der Waals surface area contributed by atoms with Crippen molar-refractivity contribution >= 4 is 16.1 Å². The van der Waals surface area contributed by atoms with Crippen LogP contribution in [0.4, 0.5) is 0 Å². The van der Waals surface area contributed by atoms with Gasteiger partial charge in [0.1, 0.15) is 0 Å². The second-order valence-electron chi connectivity index (χ2n) is 7.18. The fourth-order valence-corrected chi connectivity index (χ4v) is 5.07. The number of nitrogens with zero attached hydrogens (tertiary/aromatic N) is 4. The number of rotatable bonds is 6. The molecule has 2 aliphatic heterocycles. The lowest BCUT2D eigenvalue weighted by Crippen LogP contribution is -2.56. The summed E-state index contributed by atoms with van der Waals surface area (Å²) in [7, 11) is -3.42. The second-order valence-corrected chi connectivity index (χ2v) is 9.11. The van der Waals surface area contributed by atoms with Crippen LogP contribution >= 0.6 is 0 Å². The van der Waals surface area contributed by atoms with Gasteiger partial charge in [-0.05, 0) is 27.7 Å². The molecule has 2 aliphatic rings. The normalized spacial score (nSPS) is 21.8. The van der Waals surface area contributed by atoms with Gasteiger partial charge in [-0.2, -0.15) is 17.0 Å². The molecule has 25 heavy (non-hydrogen) atoms. The van der Waals surface area contributed by atoms with Crippen molar-refractivity contribution in [3.8, 4) is 0 Å². The van der Waals surface area contributed by atoms with Gasteiger partial charge in [-0.1, -0.05) is 0 Å². The Morgan fingerprint density at radius 2 is 1.40 bits per heavy atom. The minimum atomic E-state index is -3.42. The largest absolute Gasteiger partial charge is 0.379 e. The Labute approximate surface area is 151 Å². The van der Waals surface area contributed by atoms with Crippen LogP contribution in [0.1, 0.15) is 27.7 Å². The van der Waals surface area contributed by atoms with Crippen LogP contribution in [-0.4, -0.2) is 104 Å². The number of ether oxygens (including phenoxy) is 1. The van der Waals surface area contributed by atoms with Gasteiger partial charge in [-0.25, -0.2) is 0 Å². The van der Waals surface area contributed by atoms with E-state index in [1.54, 1.807) is 0 Å². The van der Waals surface area contributed by atoms with E-state index in [1.807, 2.05) is 37.5 Å². The smallest absolute Gasteiger partial charge is 0.282 e. The highest BCUT2D eigenvalue weighted by atomic mass is 32.2. The van der Waals surface area contributed by atoms with Crippen LogP contribution in [0.25, 0.3) is 0 Å². The summed E-state index contributed by atoms with van der Waals surface area (Å²) in [5, 5.41) is 0. The number of hydrogen-bond donors (Lipinski definition) is 0. The van der Waals surface area contributed by atoms with Gasteiger partial charge in [0.15, 0.2) is 0 Å². The predicted molar refractivity (Wildman–Crippen MR) is 96.4 cm³/mol. The Morgan fingerprint density at radius 3 is 1.88 bits per heavy atom. The van der Waals surface area contributed by atoms with Gasteiger partial charge in [0.25, 0.3) is 10.2 Å². The first kappa shape index (κ1) is 20.6. The number of amides is 1. The average Bonchev–Trinajstić information content (AvgIpc) is 2.55. The van der Waals surface area contributed by atoms with E-state index in [2.05, 4.69) is 0 Å². The molecule has 0 radical (unpaired) electrons. The summed E-state index contributed by atoms with van der Waals surface area (Å²) in [6.45, 7) is 12.2. The summed E-state index contributed by atoms with van der Waals surface area (Å²) >= 11 is 0. The summed E-state index contributed by atoms with van der Waals surface area (Å²) < 4.78 is 33.6. The third-order valence-corrected chi connectivity index (χ3v) is 6.75. The minimum absolute atomic E-state index is 0.106. The van der Waals surface area contributed by atoms with Crippen molar-refractivity contribution in [2.24, 2.45) is 0 Å². The van der Waals surface area contributed by atoms with Crippen LogP contribution in [0.3, 0.4) is 0 Å². The predicted octanol–water partition coefficient (Wildman–Crippen LogP) is -0.174. The highest BCUT2D eigenvalue weighted by molar-refractivity contribution is 7.86. The van der Waals surface area contributed by atoms with Crippen LogP contribution in [0.2, 0.25) is 0 Å². The molecule has 2 rings (SSSR count). The number of hydrogen-bond acceptors (Lipinski definition) is 5. The topological polar surface area (TPSA) is 73.4 Å². The SMILES string of the molecule is CC(C)N(C(=O)CN1CCN(S(=O)(=O)N2CCOCC2)CC1)C(C)C. The molecule has 9 heteroatoms. The van der Waals surface area contributed by atoms with E-state index in [9.17, 15) is 13.2 Å². The molecule has 2 fully saturated rings. The first-order chi connectivity index (χ1) is 11.7. The quantitative estimate of drug-likeness (QED) is 0.643. The monoisotopic (exact) mass is 376 g/mol. The first-order valence-corrected chi connectivity index (χ1v) is 10.5. The van der Waals surface area contributed by atoms with Crippen LogP contribution in [0.5, 0.6) is 0 Å². The molecule has 0 bridgehead atoms. The van der Waals surface area contributed by atoms with E-state index in [0.29, 0.717) is 59.0 Å². The highest BCUT2D eigenvalue weighted by Gasteiger charge is 2.34. The molecule has 0 atom stereocenters. The van der Waals surface area contributed by atoms with Gasteiger partial charge in [0.05, 0.1) is 19.8 Å². The van der Waals surface area contributed by atoms with E-state index in [0.717, 1.165) is 0 Å². The number of carbonyl (C=O) groups is 1. The summed E-state index contributed by atoms with van der Waals surface area (Å²) in [5.74, 6) is 0.106. The van der Waals surface area contributed by atoms with E-state index in [-0.39, 0.29) is 18.0 Å². The maximum absolute atomic E-state index is 12.7. The van der Waals surface area contributed by atoms with Gasteiger partial charge in [0, 0.05) is 51.4 Å².